The first-order valence-corrected chi connectivity index (χ1v) is 6.48. The lowest BCUT2D eigenvalue weighted by Crippen LogP contribution is -2.15. The van der Waals surface area contributed by atoms with Crippen molar-refractivity contribution >= 4 is 10.9 Å². The minimum Gasteiger partial charge on any atom is -0.361 e. The number of nitrogens with zero attached hydrogens (tertiary/aromatic N) is 1. The number of hydrogen-bond donors (Lipinski definition) is 3. The van der Waals surface area contributed by atoms with Gasteiger partial charge in [0.05, 0.1) is 11.7 Å². The third-order valence-electron chi connectivity index (χ3n) is 3.57. The average Bonchev–Trinajstić information content (AvgIpc) is 2.96. The van der Waals surface area contributed by atoms with E-state index < -0.39 is 0 Å². The fraction of sp³-hybridized carbons (Fsp3) is 0.267. The van der Waals surface area contributed by atoms with E-state index in [9.17, 15) is 0 Å². The summed E-state index contributed by atoms with van der Waals surface area (Å²) in [6, 6.07) is 8.36. The Bertz CT molecular complexity index is 688. The van der Waals surface area contributed by atoms with Gasteiger partial charge in [-0.3, -0.25) is 0 Å². The Balaban J connectivity index is 1.83. The zero-order valence-electron chi connectivity index (χ0n) is 11.2. The van der Waals surface area contributed by atoms with Gasteiger partial charge in [-0.2, -0.15) is 0 Å². The molecule has 2 heterocycles. The third-order valence-corrected chi connectivity index (χ3v) is 3.57. The van der Waals surface area contributed by atoms with E-state index in [1.165, 1.54) is 10.9 Å². The topological polar surface area (TPSA) is 70.5 Å². The molecule has 0 aliphatic heterocycles. The van der Waals surface area contributed by atoms with Crippen LogP contribution in [0.15, 0.2) is 30.5 Å². The van der Waals surface area contributed by atoms with Gasteiger partial charge in [-0.25, -0.2) is 4.98 Å². The fourth-order valence-electron chi connectivity index (χ4n) is 2.33. The maximum atomic E-state index is 6.23. The summed E-state index contributed by atoms with van der Waals surface area (Å²) in [6.07, 6.45) is 2.74. The van der Waals surface area contributed by atoms with Crippen molar-refractivity contribution in [1.29, 1.82) is 0 Å². The summed E-state index contributed by atoms with van der Waals surface area (Å²) < 4.78 is 0. The summed E-state index contributed by atoms with van der Waals surface area (Å²) in [4.78, 5) is 10.9. The Labute approximate surface area is 112 Å². The van der Waals surface area contributed by atoms with E-state index in [-0.39, 0.29) is 6.04 Å². The van der Waals surface area contributed by atoms with E-state index in [1.54, 1.807) is 0 Å². The van der Waals surface area contributed by atoms with Crippen molar-refractivity contribution in [1.82, 2.24) is 15.0 Å². The number of rotatable bonds is 3. The van der Waals surface area contributed by atoms with Crippen molar-refractivity contribution in [3.05, 3.63) is 53.2 Å². The molecule has 0 bridgehead atoms. The quantitative estimate of drug-likeness (QED) is 0.672. The van der Waals surface area contributed by atoms with Crippen LogP contribution in [0.4, 0.5) is 0 Å². The summed E-state index contributed by atoms with van der Waals surface area (Å²) in [6.45, 7) is 4.01. The van der Waals surface area contributed by atoms with E-state index >= 15 is 0 Å². The van der Waals surface area contributed by atoms with Crippen LogP contribution in [0.2, 0.25) is 0 Å². The molecule has 1 atom stereocenters. The van der Waals surface area contributed by atoms with Gasteiger partial charge in [-0.15, -0.1) is 0 Å². The predicted octanol–water partition coefficient (Wildman–Crippen LogP) is 2.75. The number of fused-ring (bicyclic) bond motifs is 1. The smallest absolute Gasteiger partial charge is 0.123 e. The van der Waals surface area contributed by atoms with Crippen LogP contribution in [0.5, 0.6) is 0 Å². The highest BCUT2D eigenvalue weighted by molar-refractivity contribution is 5.79. The number of nitrogens with one attached hydrogen (secondary N) is 2. The van der Waals surface area contributed by atoms with Crippen molar-refractivity contribution < 1.29 is 0 Å². The van der Waals surface area contributed by atoms with Gasteiger partial charge in [0.2, 0.25) is 0 Å². The molecule has 0 amide bonds. The summed E-state index contributed by atoms with van der Waals surface area (Å²) in [5, 5.41) is 1.22. The first-order chi connectivity index (χ1) is 9.13. The molecule has 3 aromatic rings. The summed E-state index contributed by atoms with van der Waals surface area (Å²) in [7, 11) is 0. The molecule has 2 aromatic heterocycles. The minimum atomic E-state index is -0.0937. The molecule has 0 saturated heterocycles. The van der Waals surface area contributed by atoms with Crippen LogP contribution in [-0.2, 0) is 6.42 Å². The molecular weight excluding hydrogens is 236 g/mol. The Morgan fingerprint density at radius 3 is 2.84 bits per heavy atom. The molecule has 1 unspecified atom stereocenters. The van der Waals surface area contributed by atoms with Crippen LogP contribution in [-0.4, -0.2) is 15.0 Å². The van der Waals surface area contributed by atoms with Gasteiger partial charge >= 0.3 is 0 Å². The summed E-state index contributed by atoms with van der Waals surface area (Å²) in [5.41, 5.74) is 10.7. The Hall–Kier alpha value is -2.07. The van der Waals surface area contributed by atoms with Crippen molar-refractivity contribution in [2.24, 2.45) is 5.73 Å². The van der Waals surface area contributed by atoms with Gasteiger partial charge in [0, 0.05) is 17.4 Å². The number of aromatic nitrogens is 3. The number of aryl methyl sites for hydroxylation is 2. The second-order valence-corrected chi connectivity index (χ2v) is 5.04. The highest BCUT2D eigenvalue weighted by Crippen LogP contribution is 2.19. The zero-order chi connectivity index (χ0) is 13.4. The molecule has 3 rings (SSSR count). The zero-order valence-corrected chi connectivity index (χ0v) is 11.2. The molecular formula is C15H18N4. The first kappa shape index (κ1) is 12.0. The van der Waals surface area contributed by atoms with E-state index in [2.05, 4.69) is 39.2 Å². The SMILES string of the molecule is Cc1nc(C(N)Cc2ccc3[nH]ccc3c2)[nH]c1C. The van der Waals surface area contributed by atoms with E-state index in [0.29, 0.717) is 0 Å². The first-order valence-electron chi connectivity index (χ1n) is 6.48. The molecule has 98 valence electrons. The van der Waals surface area contributed by atoms with Gasteiger partial charge in [0.15, 0.2) is 0 Å². The lowest BCUT2D eigenvalue weighted by Gasteiger charge is -2.09. The standard InChI is InChI=1S/C15H18N4/c1-9-10(2)19-15(18-9)13(16)8-11-3-4-14-12(7-11)5-6-17-14/h3-7,13,17H,8,16H2,1-2H3,(H,18,19). The minimum absolute atomic E-state index is 0.0937. The molecule has 0 spiro atoms. The predicted molar refractivity (Wildman–Crippen MR) is 77.0 cm³/mol. The van der Waals surface area contributed by atoms with Crippen molar-refractivity contribution in [3.63, 3.8) is 0 Å². The van der Waals surface area contributed by atoms with E-state index in [1.807, 2.05) is 20.0 Å². The van der Waals surface area contributed by atoms with Gasteiger partial charge in [0.25, 0.3) is 0 Å². The Morgan fingerprint density at radius 2 is 2.11 bits per heavy atom. The number of hydrogen-bond acceptors (Lipinski definition) is 2. The normalized spacial score (nSPS) is 13.0. The van der Waals surface area contributed by atoms with Crippen LogP contribution in [0, 0.1) is 13.8 Å². The van der Waals surface area contributed by atoms with E-state index in [0.717, 1.165) is 29.1 Å². The van der Waals surface area contributed by atoms with Crippen LogP contribution in [0.3, 0.4) is 0 Å². The number of nitrogens with two attached hydrogens (primary N) is 1. The molecule has 19 heavy (non-hydrogen) atoms. The fourth-order valence-corrected chi connectivity index (χ4v) is 2.33. The van der Waals surface area contributed by atoms with Gasteiger partial charge < -0.3 is 15.7 Å². The second-order valence-electron chi connectivity index (χ2n) is 5.04. The molecule has 4 N–H and O–H groups in total. The number of aromatic amines is 2. The van der Waals surface area contributed by atoms with Crippen LogP contribution < -0.4 is 5.73 Å². The van der Waals surface area contributed by atoms with Gasteiger partial charge in [-0.05, 0) is 49.4 Å². The maximum Gasteiger partial charge on any atom is 0.123 e. The molecule has 4 heteroatoms. The highest BCUT2D eigenvalue weighted by Gasteiger charge is 2.12. The number of H-pyrrole nitrogens is 2. The molecule has 0 fully saturated rings. The van der Waals surface area contributed by atoms with E-state index in [4.69, 9.17) is 5.73 Å². The van der Waals surface area contributed by atoms with Crippen LogP contribution >= 0.6 is 0 Å². The van der Waals surface area contributed by atoms with Crippen LogP contribution in [0.1, 0.15) is 28.8 Å². The lowest BCUT2D eigenvalue weighted by atomic mass is 10.0. The summed E-state index contributed by atoms with van der Waals surface area (Å²) >= 11 is 0. The highest BCUT2D eigenvalue weighted by atomic mass is 15.0. The molecule has 0 radical (unpaired) electrons. The molecule has 1 aromatic carbocycles. The van der Waals surface area contributed by atoms with Gasteiger partial charge in [0.1, 0.15) is 5.82 Å². The third kappa shape index (κ3) is 2.27. The number of benzene rings is 1. The molecule has 0 aliphatic carbocycles. The largest absolute Gasteiger partial charge is 0.361 e. The number of imidazole rings is 1. The maximum absolute atomic E-state index is 6.23. The average molecular weight is 254 g/mol. The van der Waals surface area contributed by atoms with Crippen molar-refractivity contribution in [2.75, 3.05) is 0 Å². The van der Waals surface area contributed by atoms with Crippen molar-refractivity contribution in [2.45, 2.75) is 26.3 Å². The van der Waals surface area contributed by atoms with Crippen molar-refractivity contribution in [3.8, 4) is 0 Å². The van der Waals surface area contributed by atoms with Crippen LogP contribution in [0.25, 0.3) is 10.9 Å². The molecule has 0 saturated carbocycles. The Morgan fingerprint density at radius 1 is 1.26 bits per heavy atom. The monoisotopic (exact) mass is 254 g/mol. The molecule has 0 aliphatic rings. The van der Waals surface area contributed by atoms with Gasteiger partial charge in [-0.1, -0.05) is 6.07 Å². The second kappa shape index (κ2) is 4.55. The molecule has 4 nitrogen and oxygen atoms in total. The summed E-state index contributed by atoms with van der Waals surface area (Å²) in [5.74, 6) is 0.865. The Kier molecular flexibility index (Phi) is 2.87. The lowest BCUT2D eigenvalue weighted by molar-refractivity contribution is 0.676.